The van der Waals surface area contributed by atoms with E-state index in [9.17, 15) is 35.1 Å². The molecule has 1 aliphatic heterocycles. The topological polar surface area (TPSA) is 250 Å². The van der Waals surface area contributed by atoms with Crippen molar-refractivity contribution in [2.45, 2.75) is 37.1 Å². The van der Waals surface area contributed by atoms with Gasteiger partial charge in [-0.3, -0.25) is 0 Å². The predicted molar refractivity (Wildman–Crippen MR) is 67.9 cm³/mol. The number of hydrogen-bond acceptors (Lipinski definition) is 12. The second-order valence-electron chi connectivity index (χ2n) is 4.55. The van der Waals surface area contributed by atoms with E-state index in [2.05, 4.69) is 0 Å². The van der Waals surface area contributed by atoms with E-state index in [0.29, 0.717) is 0 Å². The maximum atomic E-state index is 10.5. The first-order chi connectivity index (χ1) is 9.79. The van der Waals surface area contributed by atoms with Crippen molar-refractivity contribution >= 4 is 11.9 Å². The van der Waals surface area contributed by atoms with E-state index in [1.807, 2.05) is 0 Å². The molecule has 146 valence electrons. The molecule has 0 bridgehead atoms. The molecule has 0 aromatic heterocycles. The summed E-state index contributed by atoms with van der Waals surface area (Å²) in [6.07, 6.45) is -7.97. The average molecular weight is 537 g/mol. The summed E-state index contributed by atoms with van der Waals surface area (Å²) in [5.74, 6) is -5.57. The van der Waals surface area contributed by atoms with E-state index < -0.39 is 68.2 Å². The first kappa shape index (κ1) is 28.1. The van der Waals surface area contributed by atoms with E-state index in [0.717, 1.165) is 0 Å². The van der Waals surface area contributed by atoms with Crippen molar-refractivity contribution in [1.82, 2.24) is 12.3 Å². The van der Waals surface area contributed by atoms with Crippen molar-refractivity contribution in [3.63, 3.8) is 0 Å². The van der Waals surface area contributed by atoms with Crippen molar-refractivity contribution in [2.75, 3.05) is 13.2 Å². The number of aliphatic hydroxyl groups is 4. The smallest absolute Gasteiger partial charge is 0.549 e. The third-order valence-corrected chi connectivity index (χ3v) is 3.11. The fourth-order valence-corrected chi connectivity index (χ4v) is 1.84. The molecule has 1 rings (SSSR count). The Balaban J connectivity index is -0.00000147. The van der Waals surface area contributed by atoms with Crippen LogP contribution in [0.5, 0.6) is 0 Å². The molecule has 1 saturated heterocycles. The van der Waals surface area contributed by atoms with E-state index in [-0.39, 0.29) is 33.4 Å². The number of hydrogen-bond donors (Lipinski definition) is 6. The summed E-state index contributed by atoms with van der Waals surface area (Å²) < 4.78 is 9.92. The van der Waals surface area contributed by atoms with Crippen LogP contribution in [0.1, 0.15) is 6.42 Å². The summed E-state index contributed by atoms with van der Waals surface area (Å²) in [7, 11) is 0. The van der Waals surface area contributed by atoms with Crippen LogP contribution in [0, 0.1) is 5.92 Å². The molecule has 0 unspecified atom stereocenters. The van der Waals surface area contributed by atoms with E-state index in [4.69, 9.17) is 14.6 Å². The molecule has 1 heterocycles. The van der Waals surface area contributed by atoms with Gasteiger partial charge in [0.2, 0.25) is 0 Å². The largest absolute Gasteiger partial charge is 2.00 e. The van der Waals surface area contributed by atoms with Crippen molar-refractivity contribution < 1.29 is 70.8 Å². The van der Waals surface area contributed by atoms with Gasteiger partial charge in [-0.2, -0.15) is 0 Å². The van der Waals surface area contributed by atoms with Crippen molar-refractivity contribution in [3.05, 3.63) is 0 Å². The average Bonchev–Trinajstić information content (AvgIpc) is 2.42. The fourth-order valence-electron chi connectivity index (χ4n) is 1.84. The zero-order chi connectivity index (χ0) is 16.2. The third-order valence-electron chi connectivity index (χ3n) is 3.11. The van der Waals surface area contributed by atoms with Gasteiger partial charge in [-0.1, -0.05) is 0 Å². The number of ether oxygens (including phenoxy) is 2. The zero-order valence-corrected chi connectivity index (χ0v) is 14.8. The van der Waals surface area contributed by atoms with Crippen LogP contribution in [0.4, 0.5) is 0 Å². The molecule has 0 amide bonds. The molecule has 0 aromatic carbocycles. The van der Waals surface area contributed by atoms with Gasteiger partial charge in [-0.15, -0.1) is 0 Å². The quantitative estimate of drug-likeness (QED) is 0.167. The first-order valence-electron chi connectivity index (χ1n) is 6.13. The summed E-state index contributed by atoms with van der Waals surface area (Å²) >= 11 is 0. The SMILES string of the molecule is N.N.O=C([O-])C(CCO[C@H]1O[C@H](CO)[C@H](O)[C@H](O)[C@H]1O)C(=O)[O-].[Pt+2]. The van der Waals surface area contributed by atoms with Crippen molar-refractivity contribution in [3.8, 4) is 0 Å². The predicted octanol–water partition coefficient (Wildman–Crippen LogP) is -5.37. The van der Waals surface area contributed by atoms with Crippen LogP contribution in [-0.4, -0.2) is 76.3 Å². The Hall–Kier alpha value is -0.692. The van der Waals surface area contributed by atoms with Gasteiger partial charge in [0, 0.05) is 5.92 Å². The number of aliphatic carboxylic acids is 2. The normalized spacial score (nSPS) is 29.0. The minimum atomic E-state index is -1.89. The van der Waals surface area contributed by atoms with Gasteiger partial charge in [0.15, 0.2) is 6.29 Å². The third kappa shape index (κ3) is 7.05. The standard InChI is InChI=1S/C11H18O10.2H3N.Pt/c12-3-5-6(13)7(14)8(15)11(21-5)20-2-1-4(9(16)17)10(18)19;;;/h4-8,11-15H,1-3H2,(H,16,17)(H,18,19);2*1H3;/q;;;+2/p-2/t5-,6+,7+,8-,11+;;;/m1.../s1. The van der Waals surface area contributed by atoms with Crippen molar-refractivity contribution in [1.29, 1.82) is 0 Å². The van der Waals surface area contributed by atoms with Crippen LogP contribution in [0.25, 0.3) is 0 Å². The zero-order valence-electron chi connectivity index (χ0n) is 12.6. The number of carboxylic acid groups (broad SMARTS) is 2. The van der Waals surface area contributed by atoms with Gasteiger partial charge in [0.05, 0.1) is 25.2 Å². The van der Waals surface area contributed by atoms with Crippen LogP contribution in [0.15, 0.2) is 0 Å². The van der Waals surface area contributed by atoms with Crippen molar-refractivity contribution in [2.24, 2.45) is 5.92 Å². The molecule has 10 N–H and O–H groups in total. The van der Waals surface area contributed by atoms with Crippen LogP contribution in [-0.2, 0) is 40.1 Å². The first-order valence-corrected chi connectivity index (χ1v) is 6.13. The Morgan fingerprint density at radius 2 is 1.54 bits per heavy atom. The molecule has 1 fully saturated rings. The Kier molecular flexibility index (Phi) is 14.8. The number of carbonyl (C=O) groups excluding carboxylic acids is 2. The minimum Gasteiger partial charge on any atom is -0.549 e. The molecule has 0 radical (unpaired) electrons. The minimum absolute atomic E-state index is 0. The molecule has 5 atom stereocenters. The molecule has 1 aliphatic rings. The summed E-state index contributed by atoms with van der Waals surface area (Å²) in [6.45, 7) is -1.10. The van der Waals surface area contributed by atoms with E-state index in [1.54, 1.807) is 0 Å². The molecule has 0 spiro atoms. The molecule has 0 aromatic rings. The van der Waals surface area contributed by atoms with Gasteiger partial charge in [-0.05, 0) is 6.42 Å². The van der Waals surface area contributed by atoms with E-state index >= 15 is 0 Å². The maximum absolute atomic E-state index is 10.5. The van der Waals surface area contributed by atoms with Crippen LogP contribution < -0.4 is 22.5 Å². The van der Waals surface area contributed by atoms with E-state index in [1.165, 1.54) is 0 Å². The second-order valence-corrected chi connectivity index (χ2v) is 4.55. The molecular formula is C11H22N2O10Pt. The molecule has 24 heavy (non-hydrogen) atoms. The molecule has 12 nitrogen and oxygen atoms in total. The molecular weight excluding hydrogens is 515 g/mol. The van der Waals surface area contributed by atoms with Gasteiger partial charge in [0.1, 0.15) is 24.4 Å². The van der Waals surface area contributed by atoms with Gasteiger partial charge < -0.3 is 62.0 Å². The Morgan fingerprint density at radius 1 is 1.04 bits per heavy atom. The maximum Gasteiger partial charge on any atom is 2.00 e. The monoisotopic (exact) mass is 537 g/mol. The van der Waals surface area contributed by atoms with Gasteiger partial charge >= 0.3 is 21.1 Å². The number of carboxylic acids is 2. The number of aliphatic hydroxyl groups excluding tert-OH is 4. The summed E-state index contributed by atoms with van der Waals surface area (Å²) in [6, 6.07) is 0. The van der Waals surface area contributed by atoms with Crippen LogP contribution in [0.2, 0.25) is 0 Å². The second kappa shape index (κ2) is 12.6. The summed E-state index contributed by atoms with van der Waals surface area (Å²) in [5, 5.41) is 58.5. The van der Waals surface area contributed by atoms with Gasteiger partial charge in [0.25, 0.3) is 0 Å². The Bertz CT molecular complexity index is 372. The molecule has 0 saturated carbocycles. The fraction of sp³-hybridized carbons (Fsp3) is 0.818. The van der Waals surface area contributed by atoms with Crippen LogP contribution in [0.3, 0.4) is 0 Å². The Labute approximate surface area is 151 Å². The van der Waals surface area contributed by atoms with Crippen LogP contribution >= 0.6 is 0 Å². The van der Waals surface area contributed by atoms with Gasteiger partial charge in [-0.25, -0.2) is 0 Å². The number of rotatable bonds is 7. The summed E-state index contributed by atoms with van der Waals surface area (Å²) in [4.78, 5) is 21.0. The number of carbonyl (C=O) groups is 2. The summed E-state index contributed by atoms with van der Waals surface area (Å²) in [5.41, 5.74) is 0. The Morgan fingerprint density at radius 3 is 1.96 bits per heavy atom. The molecule has 13 heteroatoms. The molecule has 0 aliphatic carbocycles.